The van der Waals surface area contributed by atoms with Gasteiger partial charge in [0.05, 0.1) is 0 Å². The summed E-state index contributed by atoms with van der Waals surface area (Å²) in [7, 11) is 0. The summed E-state index contributed by atoms with van der Waals surface area (Å²) in [5, 5.41) is 26.4. The summed E-state index contributed by atoms with van der Waals surface area (Å²) >= 11 is 0. The molecule has 0 aliphatic carbocycles. The highest BCUT2D eigenvalue weighted by Gasteiger charge is 2.35. The van der Waals surface area contributed by atoms with E-state index < -0.39 is 41.1 Å². The molecule has 0 aliphatic rings. The van der Waals surface area contributed by atoms with Gasteiger partial charge >= 0.3 is 6.16 Å². The van der Waals surface area contributed by atoms with E-state index in [9.17, 15) is 25.0 Å². The zero-order chi connectivity index (χ0) is 14.3. The number of rotatable bonds is 8. The van der Waals surface area contributed by atoms with Crippen LogP contribution in [0.3, 0.4) is 0 Å². The van der Waals surface area contributed by atoms with Crippen molar-refractivity contribution in [2.24, 2.45) is 5.41 Å². The third-order valence-corrected chi connectivity index (χ3v) is 1.99. The minimum atomic E-state index is -1.64. The average molecular weight is 268 g/mol. The number of hydrogen-bond donors (Lipinski definition) is 1. The van der Waals surface area contributed by atoms with Gasteiger partial charge in [0, 0.05) is 5.41 Å². The van der Waals surface area contributed by atoms with E-state index in [0.717, 1.165) is 0 Å². The van der Waals surface area contributed by atoms with E-state index in [-0.39, 0.29) is 0 Å². The first-order valence-electron chi connectivity index (χ1n) is 4.59. The Morgan fingerprint density at radius 3 is 2.28 bits per heavy atom. The second kappa shape index (κ2) is 6.42. The quantitative estimate of drug-likeness (QED) is 0.376. The third kappa shape index (κ3) is 6.30. The Bertz CT molecular complexity index is 329. The molecule has 11 heteroatoms. The van der Waals surface area contributed by atoms with Gasteiger partial charge < -0.3 is 19.5 Å². The van der Waals surface area contributed by atoms with Gasteiger partial charge in [-0.3, -0.25) is 0 Å². The maximum Gasteiger partial charge on any atom is 0.505 e. The number of ether oxygens (including phenoxy) is 1. The fourth-order valence-electron chi connectivity index (χ4n) is 0.962. The summed E-state index contributed by atoms with van der Waals surface area (Å²) < 4.78 is 4.16. The van der Waals surface area contributed by atoms with Crippen molar-refractivity contribution in [2.75, 3.05) is 13.2 Å². The highest BCUT2D eigenvalue weighted by Crippen LogP contribution is 2.24. The van der Waals surface area contributed by atoms with Gasteiger partial charge in [0.15, 0.2) is 0 Å². The van der Waals surface area contributed by atoms with Crippen molar-refractivity contribution in [1.29, 1.82) is 0 Å². The fourth-order valence-corrected chi connectivity index (χ4v) is 0.962. The number of hydrogen-bond acceptors (Lipinski definition) is 8. The smallest absolute Gasteiger partial charge is 0.450 e. The molecule has 0 aromatic rings. The first-order chi connectivity index (χ1) is 8.15. The van der Waals surface area contributed by atoms with E-state index in [0.29, 0.717) is 0 Å². The largest absolute Gasteiger partial charge is 0.505 e. The molecule has 0 aliphatic heterocycles. The third-order valence-electron chi connectivity index (χ3n) is 1.99. The van der Waals surface area contributed by atoms with Crippen LogP contribution in [0, 0.1) is 25.6 Å². The van der Waals surface area contributed by atoms with Crippen LogP contribution in [-0.4, -0.2) is 40.8 Å². The molecule has 0 radical (unpaired) electrons. The molecule has 1 N–H and O–H groups in total. The van der Waals surface area contributed by atoms with Crippen LogP contribution in [0.4, 0.5) is 4.79 Å². The Hall–Kier alpha value is -2.33. The lowest BCUT2D eigenvalue weighted by molar-refractivity contribution is -0.780. The molecule has 0 bridgehead atoms. The Morgan fingerprint density at radius 1 is 1.33 bits per heavy atom. The van der Waals surface area contributed by atoms with E-state index in [2.05, 4.69) is 14.4 Å². The van der Waals surface area contributed by atoms with Crippen LogP contribution in [0.5, 0.6) is 0 Å². The highest BCUT2D eigenvalue weighted by atomic mass is 17.0. The Morgan fingerprint density at radius 2 is 1.89 bits per heavy atom. The van der Waals surface area contributed by atoms with E-state index in [4.69, 9.17) is 5.11 Å². The molecule has 0 fully saturated rings. The van der Waals surface area contributed by atoms with Crippen LogP contribution in [0.2, 0.25) is 0 Å². The minimum absolute atomic E-state index is 0.512. The molecule has 0 saturated heterocycles. The van der Waals surface area contributed by atoms with Gasteiger partial charge in [-0.05, 0) is 0 Å². The van der Waals surface area contributed by atoms with Crippen LogP contribution >= 0.6 is 0 Å². The van der Waals surface area contributed by atoms with Gasteiger partial charge in [-0.25, -0.2) is 4.79 Å². The van der Waals surface area contributed by atoms with E-state index in [1.807, 2.05) is 0 Å². The van der Waals surface area contributed by atoms with E-state index >= 15 is 0 Å². The summed E-state index contributed by atoms with van der Waals surface area (Å²) in [5.74, 6) is 0. The van der Waals surface area contributed by atoms with Crippen molar-refractivity contribution in [1.82, 2.24) is 0 Å². The Kier molecular flexibility index (Phi) is 5.59. The first kappa shape index (κ1) is 15.7. The van der Waals surface area contributed by atoms with Crippen LogP contribution in [0.15, 0.2) is 0 Å². The van der Waals surface area contributed by atoms with Gasteiger partial charge in [-0.2, -0.15) is 0 Å². The molecule has 0 aromatic heterocycles. The SMILES string of the molecule is CC(C)(CO[N+](=O)[O-])[C@H](COC(=O)O)O[N+](=O)[O-]. The molecule has 1 atom stereocenters. The molecule has 11 nitrogen and oxygen atoms in total. The van der Waals surface area contributed by atoms with Crippen molar-refractivity contribution in [2.45, 2.75) is 20.0 Å². The lowest BCUT2D eigenvalue weighted by Gasteiger charge is -2.30. The normalized spacial score (nSPS) is 12.3. The van der Waals surface area contributed by atoms with Crippen LogP contribution in [-0.2, 0) is 14.4 Å². The second-order valence-electron chi connectivity index (χ2n) is 3.88. The molecule has 0 amide bonds. The summed E-state index contributed by atoms with van der Waals surface area (Å²) in [4.78, 5) is 38.8. The van der Waals surface area contributed by atoms with Gasteiger partial charge in [-0.1, -0.05) is 13.8 Å². The van der Waals surface area contributed by atoms with Gasteiger partial charge in [0.25, 0.3) is 10.2 Å². The maximum atomic E-state index is 10.2. The van der Waals surface area contributed by atoms with Crippen LogP contribution < -0.4 is 0 Å². The summed E-state index contributed by atoms with van der Waals surface area (Å²) in [6.07, 6.45) is -2.97. The van der Waals surface area contributed by atoms with Crippen molar-refractivity contribution in [3.05, 3.63) is 20.2 Å². The zero-order valence-corrected chi connectivity index (χ0v) is 9.60. The topological polar surface area (TPSA) is 151 Å². The molecular formula is C7H12N2O9. The maximum absolute atomic E-state index is 10.2. The molecule has 104 valence electrons. The summed E-state index contributed by atoms with van der Waals surface area (Å²) in [5.41, 5.74) is -1.20. The van der Waals surface area contributed by atoms with Gasteiger partial charge in [0.2, 0.25) is 0 Å². The molecule has 0 heterocycles. The molecule has 0 saturated carbocycles. The van der Waals surface area contributed by atoms with Crippen LogP contribution in [0.1, 0.15) is 13.8 Å². The second-order valence-corrected chi connectivity index (χ2v) is 3.88. The molecule has 18 heavy (non-hydrogen) atoms. The van der Waals surface area contributed by atoms with Crippen molar-refractivity contribution >= 4 is 6.16 Å². The van der Waals surface area contributed by atoms with Crippen LogP contribution in [0.25, 0.3) is 0 Å². The average Bonchev–Trinajstić information content (AvgIpc) is 2.20. The van der Waals surface area contributed by atoms with Crippen molar-refractivity contribution in [3.63, 3.8) is 0 Å². The van der Waals surface area contributed by atoms with Gasteiger partial charge in [0.1, 0.15) is 19.3 Å². The van der Waals surface area contributed by atoms with E-state index in [1.54, 1.807) is 0 Å². The minimum Gasteiger partial charge on any atom is -0.450 e. The van der Waals surface area contributed by atoms with Crippen molar-refractivity contribution in [3.8, 4) is 0 Å². The highest BCUT2D eigenvalue weighted by molar-refractivity contribution is 5.56. The predicted molar refractivity (Wildman–Crippen MR) is 52.6 cm³/mol. The van der Waals surface area contributed by atoms with Gasteiger partial charge in [-0.15, -0.1) is 20.2 Å². The molecule has 0 spiro atoms. The number of carboxylic acid groups (broad SMARTS) is 1. The molecular weight excluding hydrogens is 256 g/mol. The fraction of sp³-hybridized carbons (Fsp3) is 0.857. The molecule has 0 unspecified atom stereocenters. The number of carbonyl (C=O) groups is 1. The summed E-state index contributed by atoms with van der Waals surface area (Å²) in [6, 6.07) is 0. The van der Waals surface area contributed by atoms with Crippen molar-refractivity contribution < 1.29 is 34.5 Å². The summed E-state index contributed by atoms with van der Waals surface area (Å²) in [6.45, 7) is 1.58. The van der Waals surface area contributed by atoms with E-state index in [1.165, 1.54) is 13.8 Å². The Labute approximate surface area is 100 Å². The Balaban J connectivity index is 4.63. The first-order valence-corrected chi connectivity index (χ1v) is 4.59. The lowest BCUT2D eigenvalue weighted by Crippen LogP contribution is -2.41. The molecule has 0 rings (SSSR count). The monoisotopic (exact) mass is 268 g/mol. The molecule has 0 aromatic carbocycles. The number of nitrogens with zero attached hydrogens (tertiary/aromatic N) is 2. The zero-order valence-electron chi connectivity index (χ0n) is 9.60. The predicted octanol–water partition coefficient (Wildman–Crippen LogP) is 0.492. The lowest BCUT2D eigenvalue weighted by atomic mass is 9.88. The standard InChI is InChI=1S/C7H12N2O9/c1-7(2,4-17-8(12)13)5(18-9(14)15)3-16-6(10)11/h5H,3-4H2,1-2H3,(H,10,11)/t5-/m0/s1.